The van der Waals surface area contributed by atoms with Crippen molar-refractivity contribution in [3.05, 3.63) is 35.4 Å². The lowest BCUT2D eigenvalue weighted by molar-refractivity contribution is 0.597. The van der Waals surface area contributed by atoms with Crippen LogP contribution in [0.1, 0.15) is 44.2 Å². The first-order chi connectivity index (χ1) is 9.24. The van der Waals surface area contributed by atoms with Crippen LogP contribution in [-0.4, -0.2) is 17.5 Å². The highest BCUT2D eigenvalue weighted by atomic mass is 32.2. The first-order valence-electron chi connectivity index (χ1n) is 7.64. The Bertz CT molecular complexity index is 352. The van der Waals surface area contributed by atoms with Crippen molar-refractivity contribution < 1.29 is 0 Å². The molecule has 1 aliphatic heterocycles. The maximum absolute atomic E-state index is 3.61. The van der Waals surface area contributed by atoms with E-state index in [-0.39, 0.29) is 0 Å². The highest BCUT2D eigenvalue weighted by molar-refractivity contribution is 7.99. The molecule has 0 aromatic heterocycles. The summed E-state index contributed by atoms with van der Waals surface area (Å²) in [6, 6.07) is 9.12. The van der Waals surface area contributed by atoms with E-state index in [0.717, 1.165) is 17.7 Å². The molecule has 1 heterocycles. The summed E-state index contributed by atoms with van der Waals surface area (Å²) in [5.74, 6) is 2.10. The first kappa shape index (κ1) is 14.9. The van der Waals surface area contributed by atoms with Gasteiger partial charge in [0, 0.05) is 18.3 Å². The summed E-state index contributed by atoms with van der Waals surface area (Å²) in [7, 11) is 0. The Kier molecular flexibility index (Phi) is 6.25. The minimum Gasteiger partial charge on any atom is -0.312 e. The van der Waals surface area contributed by atoms with Crippen LogP contribution >= 0.6 is 11.8 Å². The van der Waals surface area contributed by atoms with Gasteiger partial charge >= 0.3 is 0 Å². The van der Waals surface area contributed by atoms with Gasteiger partial charge in [-0.05, 0) is 42.1 Å². The van der Waals surface area contributed by atoms with Gasteiger partial charge in [0.15, 0.2) is 0 Å². The molecule has 1 aliphatic rings. The van der Waals surface area contributed by atoms with E-state index in [9.17, 15) is 0 Å². The van der Waals surface area contributed by atoms with Gasteiger partial charge in [0.1, 0.15) is 0 Å². The number of nitrogens with one attached hydrogen (secondary N) is 1. The Balaban J connectivity index is 1.70. The molecule has 0 bridgehead atoms. The Morgan fingerprint density at radius 1 is 1.16 bits per heavy atom. The molecule has 19 heavy (non-hydrogen) atoms. The van der Waals surface area contributed by atoms with Gasteiger partial charge in [0.25, 0.3) is 0 Å². The Labute approximate surface area is 122 Å². The number of hydrogen-bond acceptors (Lipinski definition) is 2. The molecule has 1 unspecified atom stereocenters. The van der Waals surface area contributed by atoms with Gasteiger partial charge in [-0.25, -0.2) is 0 Å². The van der Waals surface area contributed by atoms with Crippen molar-refractivity contribution in [3.8, 4) is 0 Å². The smallest absolute Gasteiger partial charge is 0.0205 e. The largest absolute Gasteiger partial charge is 0.312 e. The maximum Gasteiger partial charge on any atom is 0.0205 e. The van der Waals surface area contributed by atoms with E-state index in [0.29, 0.717) is 0 Å². The van der Waals surface area contributed by atoms with E-state index in [1.807, 2.05) is 0 Å². The number of hydrogen-bond donors (Lipinski definition) is 1. The summed E-state index contributed by atoms with van der Waals surface area (Å²) >= 11 is 2.15. The molecule has 1 fully saturated rings. The molecule has 1 atom stereocenters. The molecule has 1 saturated heterocycles. The highest BCUT2D eigenvalue weighted by Crippen LogP contribution is 2.24. The van der Waals surface area contributed by atoms with Gasteiger partial charge in [-0.2, -0.15) is 11.8 Å². The van der Waals surface area contributed by atoms with Gasteiger partial charge in [-0.1, -0.05) is 44.5 Å². The van der Waals surface area contributed by atoms with Crippen LogP contribution in [0.5, 0.6) is 0 Å². The quantitative estimate of drug-likeness (QED) is 0.834. The molecular weight excluding hydrogens is 250 g/mol. The predicted octanol–water partition coefficient (Wildman–Crippen LogP) is 4.26. The van der Waals surface area contributed by atoms with Gasteiger partial charge in [-0.15, -0.1) is 0 Å². The van der Waals surface area contributed by atoms with E-state index >= 15 is 0 Å². The van der Waals surface area contributed by atoms with Crippen LogP contribution in [0.25, 0.3) is 0 Å². The van der Waals surface area contributed by atoms with E-state index in [1.54, 1.807) is 0 Å². The molecule has 0 radical (unpaired) electrons. The van der Waals surface area contributed by atoms with Gasteiger partial charge in [0.05, 0.1) is 0 Å². The molecule has 0 spiro atoms. The van der Waals surface area contributed by atoms with Crippen molar-refractivity contribution in [2.75, 3.05) is 12.3 Å². The van der Waals surface area contributed by atoms with Crippen molar-refractivity contribution in [3.63, 3.8) is 0 Å². The predicted molar refractivity (Wildman–Crippen MR) is 86.8 cm³/mol. The second-order valence-corrected chi connectivity index (χ2v) is 7.44. The first-order valence-corrected chi connectivity index (χ1v) is 8.69. The van der Waals surface area contributed by atoms with Crippen molar-refractivity contribution in [2.24, 2.45) is 5.92 Å². The summed E-state index contributed by atoms with van der Waals surface area (Å²) in [6.45, 7) is 6.73. The molecule has 1 nitrogen and oxygen atoms in total. The Morgan fingerprint density at radius 2 is 1.89 bits per heavy atom. The maximum atomic E-state index is 3.61. The van der Waals surface area contributed by atoms with Crippen molar-refractivity contribution in [1.29, 1.82) is 0 Å². The summed E-state index contributed by atoms with van der Waals surface area (Å²) in [5.41, 5.74) is 2.87. The van der Waals surface area contributed by atoms with Crippen LogP contribution in [0.4, 0.5) is 0 Å². The van der Waals surface area contributed by atoms with Crippen molar-refractivity contribution >= 4 is 11.8 Å². The highest BCUT2D eigenvalue weighted by Gasteiger charge is 2.12. The van der Waals surface area contributed by atoms with Crippen LogP contribution in [-0.2, 0) is 13.0 Å². The molecular formula is C17H27NS. The molecule has 0 aliphatic carbocycles. The third-order valence-electron chi connectivity index (χ3n) is 3.64. The molecule has 1 aromatic carbocycles. The van der Waals surface area contributed by atoms with Crippen LogP contribution in [0.15, 0.2) is 24.3 Å². The summed E-state index contributed by atoms with van der Waals surface area (Å²) in [6.07, 6.45) is 5.42. The Hall–Kier alpha value is -0.470. The van der Waals surface area contributed by atoms with E-state index in [4.69, 9.17) is 0 Å². The van der Waals surface area contributed by atoms with E-state index < -0.39 is 0 Å². The number of rotatable bonds is 6. The second-order valence-electron chi connectivity index (χ2n) is 6.03. The zero-order valence-electron chi connectivity index (χ0n) is 12.3. The molecule has 1 N–H and O–H groups in total. The summed E-state index contributed by atoms with van der Waals surface area (Å²) in [4.78, 5) is 0. The standard InChI is InChI=1S/C17H27NS/c1-14(2)11-15-6-8-16(9-7-15)12-18-13-17-5-3-4-10-19-17/h6-9,14,17-18H,3-5,10-13H2,1-2H3. The minimum absolute atomic E-state index is 0.743. The van der Waals surface area contributed by atoms with E-state index in [2.05, 4.69) is 55.2 Å². The monoisotopic (exact) mass is 277 g/mol. The number of thioether (sulfide) groups is 1. The molecule has 2 heteroatoms. The lowest BCUT2D eigenvalue weighted by atomic mass is 10.0. The molecule has 2 rings (SSSR count). The SMILES string of the molecule is CC(C)Cc1ccc(CNCC2CCCCS2)cc1. The Morgan fingerprint density at radius 3 is 2.53 bits per heavy atom. The van der Waals surface area contributed by atoms with Crippen molar-refractivity contribution in [2.45, 2.75) is 51.3 Å². The zero-order valence-corrected chi connectivity index (χ0v) is 13.1. The van der Waals surface area contributed by atoms with Crippen molar-refractivity contribution in [1.82, 2.24) is 5.32 Å². The fraction of sp³-hybridized carbons (Fsp3) is 0.647. The zero-order chi connectivity index (χ0) is 13.5. The van der Waals surface area contributed by atoms with Crippen LogP contribution < -0.4 is 5.32 Å². The van der Waals surface area contributed by atoms with E-state index in [1.165, 1.54) is 49.1 Å². The van der Waals surface area contributed by atoms with Crippen LogP contribution in [0, 0.1) is 5.92 Å². The minimum atomic E-state index is 0.743. The normalized spacial score (nSPS) is 19.8. The molecule has 106 valence electrons. The van der Waals surface area contributed by atoms with Crippen LogP contribution in [0.3, 0.4) is 0 Å². The van der Waals surface area contributed by atoms with Gasteiger partial charge in [-0.3, -0.25) is 0 Å². The van der Waals surface area contributed by atoms with Gasteiger partial charge < -0.3 is 5.32 Å². The topological polar surface area (TPSA) is 12.0 Å². The molecule has 0 amide bonds. The third kappa shape index (κ3) is 5.58. The molecule has 0 saturated carbocycles. The summed E-state index contributed by atoms with van der Waals surface area (Å²) < 4.78 is 0. The fourth-order valence-corrected chi connectivity index (χ4v) is 3.88. The summed E-state index contributed by atoms with van der Waals surface area (Å²) in [5, 5.41) is 4.45. The fourth-order valence-electron chi connectivity index (χ4n) is 2.61. The lowest BCUT2D eigenvalue weighted by Gasteiger charge is -2.21. The number of benzene rings is 1. The molecule has 1 aromatic rings. The second kappa shape index (κ2) is 7.96. The average molecular weight is 277 g/mol. The average Bonchev–Trinajstić information content (AvgIpc) is 2.41. The van der Waals surface area contributed by atoms with Gasteiger partial charge in [0.2, 0.25) is 0 Å². The van der Waals surface area contributed by atoms with Crippen LogP contribution in [0.2, 0.25) is 0 Å². The lowest BCUT2D eigenvalue weighted by Crippen LogP contribution is -2.26. The third-order valence-corrected chi connectivity index (χ3v) is 5.04.